The highest BCUT2D eigenvalue weighted by atomic mass is 16.1. The van der Waals surface area contributed by atoms with Gasteiger partial charge in [0.1, 0.15) is 0 Å². The molecule has 0 aromatic carbocycles. The lowest BCUT2D eigenvalue weighted by atomic mass is 9.46. The molecule has 3 saturated carbocycles. The lowest BCUT2D eigenvalue weighted by Crippen LogP contribution is -2.52. The normalized spacial score (nSPS) is 51.0. The molecule has 0 radical (unpaired) electrons. The molecule has 0 heterocycles. The maximum atomic E-state index is 12.8. The summed E-state index contributed by atoms with van der Waals surface area (Å²) in [5.41, 5.74) is 1.31. The molecular weight excluding hydrogens is 272 g/mol. The van der Waals surface area contributed by atoms with Gasteiger partial charge in [-0.3, -0.25) is 9.59 Å². The number of carbonyl (C=O) groups excluding carboxylic acids is 2. The first-order valence-electron chi connectivity index (χ1n) is 9.13. The van der Waals surface area contributed by atoms with Crippen LogP contribution < -0.4 is 0 Å². The van der Waals surface area contributed by atoms with E-state index in [-0.39, 0.29) is 17.0 Å². The summed E-state index contributed by atoms with van der Waals surface area (Å²) in [6.07, 6.45) is 9.16. The lowest BCUT2D eigenvalue weighted by Gasteiger charge is -2.57. The van der Waals surface area contributed by atoms with Gasteiger partial charge in [0, 0.05) is 18.4 Å². The molecule has 0 amide bonds. The van der Waals surface area contributed by atoms with Gasteiger partial charge in [-0.1, -0.05) is 20.8 Å². The van der Waals surface area contributed by atoms with Crippen LogP contribution in [0, 0.1) is 34.5 Å². The molecule has 4 aliphatic rings. The number of rotatable bonds is 0. The Labute approximate surface area is 133 Å². The van der Waals surface area contributed by atoms with Crippen molar-refractivity contribution in [3.8, 4) is 0 Å². The number of ketones is 2. The monoisotopic (exact) mass is 300 g/mol. The van der Waals surface area contributed by atoms with Gasteiger partial charge in [0.05, 0.1) is 0 Å². The fraction of sp³-hybridized carbons (Fsp3) is 0.800. The SMILES string of the molecule is CC1CC[C@@]2(C)CC[C@H]3[C@@H](CC(=O)C4=CC(=O)CC[C@@]43C)[C@H]12. The van der Waals surface area contributed by atoms with Crippen molar-refractivity contribution in [1.82, 2.24) is 0 Å². The summed E-state index contributed by atoms with van der Waals surface area (Å²) < 4.78 is 0. The molecule has 2 nitrogen and oxygen atoms in total. The van der Waals surface area contributed by atoms with Gasteiger partial charge in [0.2, 0.25) is 0 Å². The van der Waals surface area contributed by atoms with Crippen molar-refractivity contribution in [2.45, 2.75) is 65.7 Å². The summed E-state index contributed by atoms with van der Waals surface area (Å²) in [6.45, 7) is 7.16. The summed E-state index contributed by atoms with van der Waals surface area (Å²) in [6, 6.07) is 0. The van der Waals surface area contributed by atoms with Gasteiger partial charge < -0.3 is 0 Å². The van der Waals surface area contributed by atoms with Crippen LogP contribution in [0.2, 0.25) is 0 Å². The Morgan fingerprint density at radius 1 is 1.09 bits per heavy atom. The minimum absolute atomic E-state index is 0.0302. The molecule has 22 heavy (non-hydrogen) atoms. The Bertz CT molecular complexity index is 574. The van der Waals surface area contributed by atoms with Crippen LogP contribution in [0.4, 0.5) is 0 Å². The highest BCUT2D eigenvalue weighted by Crippen LogP contribution is 2.65. The van der Waals surface area contributed by atoms with E-state index in [9.17, 15) is 9.59 Å². The third kappa shape index (κ3) is 1.79. The lowest BCUT2D eigenvalue weighted by molar-refractivity contribution is -0.131. The van der Waals surface area contributed by atoms with Crippen LogP contribution in [-0.4, -0.2) is 11.6 Å². The van der Waals surface area contributed by atoms with Crippen LogP contribution >= 0.6 is 0 Å². The van der Waals surface area contributed by atoms with Gasteiger partial charge in [-0.25, -0.2) is 0 Å². The molecule has 120 valence electrons. The maximum Gasteiger partial charge on any atom is 0.159 e. The first-order chi connectivity index (χ1) is 10.3. The Morgan fingerprint density at radius 2 is 1.82 bits per heavy atom. The van der Waals surface area contributed by atoms with Gasteiger partial charge in [-0.2, -0.15) is 0 Å². The third-order valence-electron chi connectivity index (χ3n) is 7.94. The van der Waals surface area contributed by atoms with Gasteiger partial charge in [0.15, 0.2) is 11.6 Å². The molecule has 0 N–H and O–H groups in total. The van der Waals surface area contributed by atoms with Crippen molar-refractivity contribution in [2.75, 3.05) is 0 Å². The minimum Gasteiger partial charge on any atom is -0.295 e. The number of hydrogen-bond donors (Lipinski definition) is 0. The number of fused-ring (bicyclic) bond motifs is 5. The van der Waals surface area contributed by atoms with E-state index in [2.05, 4.69) is 20.8 Å². The number of Topliss-reactive ketones (excluding diaryl/α,β-unsaturated/α-hetero) is 1. The summed E-state index contributed by atoms with van der Waals surface area (Å²) in [5.74, 6) is 3.08. The second-order valence-corrected chi connectivity index (χ2v) is 9.07. The van der Waals surface area contributed by atoms with Gasteiger partial charge in [-0.15, -0.1) is 0 Å². The van der Waals surface area contributed by atoms with Crippen molar-refractivity contribution >= 4 is 11.6 Å². The number of allylic oxidation sites excluding steroid dienone is 1. The van der Waals surface area contributed by atoms with Crippen molar-refractivity contribution in [3.05, 3.63) is 11.6 Å². The van der Waals surface area contributed by atoms with Crippen LogP contribution in [0.5, 0.6) is 0 Å². The predicted octanol–water partition coefficient (Wildman–Crippen LogP) is 4.33. The largest absolute Gasteiger partial charge is 0.295 e. The molecule has 4 rings (SSSR count). The standard InChI is InChI=1S/C20H28O2/c1-12-4-7-19(2)8-6-15-14(18(12)19)11-17(22)16-10-13(21)5-9-20(15,16)3/h10,12,14-15,18H,4-9,11H2,1-3H3/t12?,14-,15+,18+,19+,20-/m1/s1. The second kappa shape index (κ2) is 4.55. The van der Waals surface area contributed by atoms with Crippen LogP contribution in [0.25, 0.3) is 0 Å². The highest BCUT2D eigenvalue weighted by molar-refractivity contribution is 6.05. The Hall–Kier alpha value is -0.920. The Morgan fingerprint density at radius 3 is 2.59 bits per heavy atom. The van der Waals surface area contributed by atoms with Gasteiger partial charge >= 0.3 is 0 Å². The summed E-state index contributed by atoms with van der Waals surface area (Å²) in [5, 5.41) is 0. The molecular formula is C20H28O2. The summed E-state index contributed by atoms with van der Waals surface area (Å²) >= 11 is 0. The van der Waals surface area contributed by atoms with E-state index < -0.39 is 0 Å². The molecule has 1 unspecified atom stereocenters. The fourth-order valence-corrected chi connectivity index (χ4v) is 6.85. The van der Waals surface area contributed by atoms with Crippen molar-refractivity contribution in [1.29, 1.82) is 0 Å². The molecule has 3 fully saturated rings. The van der Waals surface area contributed by atoms with Crippen molar-refractivity contribution < 1.29 is 9.59 Å². The van der Waals surface area contributed by atoms with E-state index in [0.717, 1.165) is 17.9 Å². The molecule has 0 saturated heterocycles. The molecule has 0 aromatic heterocycles. The van der Waals surface area contributed by atoms with Crippen molar-refractivity contribution in [2.24, 2.45) is 34.5 Å². The average Bonchev–Trinajstić information content (AvgIpc) is 2.77. The van der Waals surface area contributed by atoms with E-state index in [1.807, 2.05) is 0 Å². The predicted molar refractivity (Wildman–Crippen MR) is 86.3 cm³/mol. The Kier molecular flexibility index (Phi) is 3.03. The summed E-state index contributed by atoms with van der Waals surface area (Å²) in [4.78, 5) is 24.6. The van der Waals surface area contributed by atoms with Crippen molar-refractivity contribution in [3.63, 3.8) is 0 Å². The van der Waals surface area contributed by atoms with E-state index in [1.165, 1.54) is 25.7 Å². The number of carbonyl (C=O) groups is 2. The topological polar surface area (TPSA) is 34.1 Å². The molecule has 6 atom stereocenters. The van der Waals surface area contributed by atoms with Crippen LogP contribution in [0.1, 0.15) is 65.7 Å². The van der Waals surface area contributed by atoms with Crippen LogP contribution in [-0.2, 0) is 9.59 Å². The van der Waals surface area contributed by atoms with E-state index >= 15 is 0 Å². The first-order valence-corrected chi connectivity index (χ1v) is 9.13. The molecule has 2 heteroatoms. The van der Waals surface area contributed by atoms with Crippen LogP contribution in [0.3, 0.4) is 0 Å². The summed E-state index contributed by atoms with van der Waals surface area (Å²) in [7, 11) is 0. The van der Waals surface area contributed by atoms with Crippen LogP contribution in [0.15, 0.2) is 11.6 Å². The smallest absolute Gasteiger partial charge is 0.159 e. The number of hydrogen-bond acceptors (Lipinski definition) is 2. The van der Waals surface area contributed by atoms with Gasteiger partial charge in [-0.05, 0) is 72.7 Å². The molecule has 0 spiro atoms. The molecule has 0 bridgehead atoms. The van der Waals surface area contributed by atoms with E-state index in [4.69, 9.17) is 0 Å². The molecule has 0 aliphatic heterocycles. The molecule has 0 aromatic rings. The first kappa shape index (κ1) is 14.7. The average molecular weight is 300 g/mol. The van der Waals surface area contributed by atoms with E-state index in [1.54, 1.807) is 6.08 Å². The zero-order chi connectivity index (χ0) is 15.7. The Balaban J connectivity index is 1.77. The maximum absolute atomic E-state index is 12.8. The zero-order valence-corrected chi connectivity index (χ0v) is 14.2. The zero-order valence-electron chi connectivity index (χ0n) is 14.2. The second-order valence-electron chi connectivity index (χ2n) is 9.07. The molecule has 4 aliphatic carbocycles. The van der Waals surface area contributed by atoms with E-state index in [0.29, 0.717) is 36.0 Å². The van der Waals surface area contributed by atoms with Gasteiger partial charge in [0.25, 0.3) is 0 Å². The fourth-order valence-electron chi connectivity index (χ4n) is 6.85. The minimum atomic E-state index is -0.0302. The third-order valence-corrected chi connectivity index (χ3v) is 7.94. The quantitative estimate of drug-likeness (QED) is 0.667. The highest BCUT2D eigenvalue weighted by Gasteiger charge is 2.59.